The Bertz CT molecular complexity index is 842. The molecule has 2 aliphatic carbocycles. The number of hydrogen-bond donors (Lipinski definition) is 1. The third-order valence-electron chi connectivity index (χ3n) is 6.14. The third kappa shape index (κ3) is 3.01. The molecule has 2 saturated carbocycles. The van der Waals surface area contributed by atoms with Crippen molar-refractivity contribution in [3.63, 3.8) is 0 Å². The smallest absolute Gasteiger partial charge is 0.310 e. The van der Waals surface area contributed by atoms with Gasteiger partial charge in [-0.1, -0.05) is 31.9 Å². The van der Waals surface area contributed by atoms with Crippen molar-refractivity contribution in [2.45, 2.75) is 31.2 Å². The quantitative estimate of drug-likeness (QED) is 0.507. The minimum Gasteiger partial charge on any atom is -0.461 e. The highest BCUT2D eigenvalue weighted by Gasteiger charge is 2.68. The highest BCUT2D eigenvalue weighted by Crippen LogP contribution is 2.60. The monoisotopic (exact) mass is 499 g/mol. The molecule has 1 heterocycles. The van der Waals surface area contributed by atoms with Gasteiger partial charge in [0.15, 0.2) is 6.61 Å². The molecule has 1 N–H and O–H groups in total. The summed E-state index contributed by atoms with van der Waals surface area (Å²) < 4.78 is 11.6. The number of nitrogens with one attached hydrogen (secondary N) is 1. The fourth-order valence-corrected chi connectivity index (χ4v) is 6.11. The fourth-order valence-electron chi connectivity index (χ4n) is 4.64. The largest absolute Gasteiger partial charge is 0.461 e. The lowest BCUT2D eigenvalue weighted by Crippen LogP contribution is -2.39. The Balaban J connectivity index is 1.38. The molecule has 6 atom stereocenters. The Morgan fingerprint density at radius 1 is 1.26 bits per heavy atom. The molecule has 3 fully saturated rings. The maximum absolute atomic E-state index is 12.6. The summed E-state index contributed by atoms with van der Waals surface area (Å²) in [5.41, 5.74) is 2.66. The van der Waals surface area contributed by atoms with Crippen LogP contribution in [0.3, 0.4) is 0 Å². The van der Waals surface area contributed by atoms with E-state index in [4.69, 9.17) is 9.47 Å². The topological polar surface area (TPSA) is 81.7 Å². The molecule has 0 spiro atoms. The molecular formula is C19H19Br2NO5. The van der Waals surface area contributed by atoms with E-state index in [9.17, 15) is 14.4 Å². The number of halogens is 2. The minimum absolute atomic E-state index is 0.0170. The first kappa shape index (κ1) is 18.9. The van der Waals surface area contributed by atoms with Crippen LogP contribution in [0.1, 0.15) is 17.5 Å². The standard InChI is InChI=1S/C19H19Br2NO5/c1-7-8(2)12(4-3-11(7)20)22-13(23)6-26-18(24)14-9-5-10-15(14)19(25)27-17(10)16(9)21/h3-4,9-10,14-17H,5-6H2,1-2H3,(H,22,23)/t9-,10-,14-,15-,16-,17+/m1/s1. The van der Waals surface area contributed by atoms with Gasteiger partial charge in [-0.3, -0.25) is 14.4 Å². The predicted octanol–water partition coefficient (Wildman–Crippen LogP) is 3.12. The second kappa shape index (κ2) is 6.88. The van der Waals surface area contributed by atoms with Crippen LogP contribution in [-0.4, -0.2) is 35.4 Å². The maximum atomic E-state index is 12.6. The van der Waals surface area contributed by atoms with Crippen molar-refractivity contribution in [3.8, 4) is 0 Å². The molecule has 0 aromatic heterocycles. The molecular weight excluding hydrogens is 482 g/mol. The highest BCUT2D eigenvalue weighted by molar-refractivity contribution is 9.10. The Hall–Kier alpha value is -1.41. The first-order valence-electron chi connectivity index (χ1n) is 8.86. The van der Waals surface area contributed by atoms with Crippen molar-refractivity contribution in [3.05, 3.63) is 27.7 Å². The van der Waals surface area contributed by atoms with Gasteiger partial charge in [0.2, 0.25) is 0 Å². The van der Waals surface area contributed by atoms with Crippen LogP contribution >= 0.6 is 31.9 Å². The van der Waals surface area contributed by atoms with Gasteiger partial charge in [-0.05, 0) is 49.4 Å². The number of amides is 1. The molecule has 2 bridgehead atoms. The number of fused-ring (bicyclic) bond motifs is 1. The van der Waals surface area contributed by atoms with Crippen LogP contribution in [0.25, 0.3) is 0 Å². The fraction of sp³-hybridized carbons (Fsp3) is 0.526. The summed E-state index contributed by atoms with van der Waals surface area (Å²) in [7, 11) is 0. The third-order valence-corrected chi connectivity index (χ3v) is 8.20. The van der Waals surface area contributed by atoms with Crippen molar-refractivity contribution in [1.29, 1.82) is 0 Å². The number of carbonyl (C=O) groups excluding carboxylic acids is 3. The van der Waals surface area contributed by atoms with Gasteiger partial charge in [-0.2, -0.15) is 0 Å². The number of benzene rings is 1. The summed E-state index contributed by atoms with van der Waals surface area (Å²) in [6.07, 6.45) is 0.642. The average Bonchev–Trinajstić information content (AvgIpc) is 3.24. The second-order valence-electron chi connectivity index (χ2n) is 7.46. The molecule has 0 unspecified atom stereocenters. The van der Waals surface area contributed by atoms with Crippen LogP contribution in [0.4, 0.5) is 5.69 Å². The number of hydrogen-bond acceptors (Lipinski definition) is 5. The summed E-state index contributed by atoms with van der Waals surface area (Å²) in [4.78, 5) is 36.9. The maximum Gasteiger partial charge on any atom is 0.310 e. The summed E-state index contributed by atoms with van der Waals surface area (Å²) in [6, 6.07) is 3.66. The van der Waals surface area contributed by atoms with E-state index in [0.29, 0.717) is 5.69 Å². The van der Waals surface area contributed by atoms with Gasteiger partial charge >= 0.3 is 11.9 Å². The van der Waals surface area contributed by atoms with Gasteiger partial charge in [-0.15, -0.1) is 0 Å². The Morgan fingerprint density at radius 3 is 2.74 bits per heavy atom. The van der Waals surface area contributed by atoms with E-state index in [1.807, 2.05) is 19.9 Å². The number of rotatable bonds is 4. The average molecular weight is 501 g/mol. The molecule has 6 nitrogen and oxygen atoms in total. The highest BCUT2D eigenvalue weighted by atomic mass is 79.9. The zero-order chi connectivity index (χ0) is 19.5. The van der Waals surface area contributed by atoms with Gasteiger partial charge in [0.05, 0.1) is 16.7 Å². The van der Waals surface area contributed by atoms with E-state index < -0.39 is 23.7 Å². The lowest BCUT2D eigenvalue weighted by atomic mass is 9.80. The molecule has 1 aromatic carbocycles. The molecule has 144 valence electrons. The molecule has 8 heteroatoms. The van der Waals surface area contributed by atoms with Gasteiger partial charge in [0, 0.05) is 16.1 Å². The van der Waals surface area contributed by atoms with Crippen LogP contribution in [0.5, 0.6) is 0 Å². The normalized spacial score (nSPS) is 33.1. The predicted molar refractivity (Wildman–Crippen MR) is 104 cm³/mol. The molecule has 1 saturated heterocycles. The van der Waals surface area contributed by atoms with Crippen LogP contribution in [-0.2, 0) is 23.9 Å². The number of alkyl halides is 1. The number of ether oxygens (including phenoxy) is 2. The zero-order valence-corrected chi connectivity index (χ0v) is 18.0. The van der Waals surface area contributed by atoms with Crippen molar-refractivity contribution in [1.82, 2.24) is 0 Å². The lowest BCUT2D eigenvalue weighted by Gasteiger charge is -2.26. The molecule has 4 rings (SSSR count). The van der Waals surface area contributed by atoms with E-state index >= 15 is 0 Å². The van der Waals surface area contributed by atoms with Crippen molar-refractivity contribution in [2.75, 3.05) is 11.9 Å². The molecule has 1 amide bonds. The summed E-state index contributed by atoms with van der Waals surface area (Å²) in [5.74, 6) is -2.08. The van der Waals surface area contributed by atoms with E-state index in [2.05, 4.69) is 37.2 Å². The zero-order valence-electron chi connectivity index (χ0n) is 14.8. The van der Waals surface area contributed by atoms with Crippen LogP contribution in [0, 0.1) is 37.5 Å². The van der Waals surface area contributed by atoms with Gasteiger partial charge in [-0.25, -0.2) is 0 Å². The van der Waals surface area contributed by atoms with Crippen LogP contribution in [0.2, 0.25) is 0 Å². The molecule has 3 aliphatic rings. The number of carbonyl (C=O) groups is 3. The van der Waals surface area contributed by atoms with Crippen LogP contribution < -0.4 is 5.32 Å². The van der Waals surface area contributed by atoms with Crippen LogP contribution in [0.15, 0.2) is 16.6 Å². The van der Waals surface area contributed by atoms with E-state index in [0.717, 1.165) is 22.0 Å². The van der Waals surface area contributed by atoms with Gasteiger partial charge in [0.25, 0.3) is 5.91 Å². The second-order valence-corrected chi connectivity index (χ2v) is 9.37. The van der Waals surface area contributed by atoms with E-state index in [1.165, 1.54) is 0 Å². The van der Waals surface area contributed by atoms with Gasteiger partial charge in [0.1, 0.15) is 6.10 Å². The Kier molecular flexibility index (Phi) is 4.83. The van der Waals surface area contributed by atoms with Crippen molar-refractivity contribution < 1.29 is 23.9 Å². The summed E-state index contributed by atoms with van der Waals surface area (Å²) in [5, 5.41) is 2.77. The minimum atomic E-state index is -0.532. The Labute approximate surface area is 173 Å². The number of anilines is 1. The molecule has 1 aromatic rings. The molecule has 0 radical (unpaired) electrons. The van der Waals surface area contributed by atoms with Gasteiger partial charge < -0.3 is 14.8 Å². The molecule has 27 heavy (non-hydrogen) atoms. The van der Waals surface area contributed by atoms with Crippen molar-refractivity contribution in [2.24, 2.45) is 23.7 Å². The lowest BCUT2D eigenvalue weighted by molar-refractivity contribution is -0.157. The summed E-state index contributed by atoms with van der Waals surface area (Å²) >= 11 is 7.01. The molecule has 1 aliphatic heterocycles. The first-order valence-corrected chi connectivity index (χ1v) is 10.6. The Morgan fingerprint density at radius 2 is 2.00 bits per heavy atom. The summed E-state index contributed by atoms with van der Waals surface area (Å²) in [6.45, 7) is 3.49. The van der Waals surface area contributed by atoms with Crippen molar-refractivity contribution >= 4 is 55.4 Å². The first-order chi connectivity index (χ1) is 12.8. The van der Waals surface area contributed by atoms with E-state index in [-0.39, 0.29) is 35.3 Å². The van der Waals surface area contributed by atoms with E-state index in [1.54, 1.807) is 6.07 Å². The number of esters is 2. The SMILES string of the molecule is Cc1c(Br)ccc(NC(=O)COC(=O)[C@@H]2[C@H]3C[C@H]4[C@H](OC(=O)[C@H]42)[C@@H]3Br)c1C.